The smallest absolute Gasteiger partial charge is 0.305 e. The highest BCUT2D eigenvalue weighted by atomic mass is 32.2. The van der Waals surface area contributed by atoms with Crippen molar-refractivity contribution in [1.82, 2.24) is 24.5 Å². The maximum absolute atomic E-state index is 10.7. The van der Waals surface area contributed by atoms with E-state index < -0.39 is 4.92 Å². The Bertz CT molecular complexity index is 866. The summed E-state index contributed by atoms with van der Waals surface area (Å²) in [6.07, 6.45) is 2.64. The number of nitrogens with zero attached hydrogens (tertiary/aromatic N) is 6. The molecule has 0 N–H and O–H groups in total. The van der Waals surface area contributed by atoms with Crippen LogP contribution in [0, 0.1) is 24.0 Å². The van der Waals surface area contributed by atoms with Gasteiger partial charge in [0, 0.05) is 22.9 Å². The van der Waals surface area contributed by atoms with Gasteiger partial charge in [-0.1, -0.05) is 11.8 Å². The topological polar surface area (TPSA) is 91.7 Å². The summed E-state index contributed by atoms with van der Waals surface area (Å²) in [5.41, 5.74) is 2.28. The number of thioether (sulfide) groups is 1. The summed E-state index contributed by atoms with van der Waals surface area (Å²) in [6, 6.07) is 0. The van der Waals surface area contributed by atoms with E-state index in [2.05, 4.69) is 34.5 Å². The van der Waals surface area contributed by atoms with Crippen LogP contribution in [0.5, 0.6) is 0 Å². The normalized spacial score (nSPS) is 11.1. The van der Waals surface area contributed by atoms with Crippen molar-refractivity contribution in [1.29, 1.82) is 0 Å². The third kappa shape index (κ3) is 2.99. The first-order valence-electron chi connectivity index (χ1n) is 6.71. The van der Waals surface area contributed by atoms with Crippen molar-refractivity contribution in [2.45, 2.75) is 24.9 Å². The molecule has 0 aliphatic heterocycles. The molecule has 0 saturated carbocycles. The third-order valence-electron chi connectivity index (χ3n) is 3.52. The lowest BCUT2D eigenvalue weighted by molar-refractivity contribution is -0.385. The number of thiophene rings is 1. The van der Waals surface area contributed by atoms with E-state index in [1.807, 2.05) is 11.6 Å². The molecule has 0 radical (unpaired) electrons. The Kier molecular flexibility index (Phi) is 4.18. The first-order valence-corrected chi connectivity index (χ1v) is 8.58. The Morgan fingerprint density at radius 2 is 2.17 bits per heavy atom. The van der Waals surface area contributed by atoms with Gasteiger partial charge in [-0.2, -0.15) is 5.10 Å². The van der Waals surface area contributed by atoms with Crippen molar-refractivity contribution in [3.8, 4) is 11.4 Å². The molecule has 0 fully saturated rings. The van der Waals surface area contributed by atoms with Gasteiger partial charge in [-0.05, 0) is 19.4 Å². The highest BCUT2D eigenvalue weighted by Crippen LogP contribution is 2.31. The van der Waals surface area contributed by atoms with Gasteiger partial charge in [0.1, 0.15) is 12.4 Å². The zero-order valence-corrected chi connectivity index (χ0v) is 14.4. The SMILES string of the molecule is Cc1scc(-c2nnc(SCn3cc([N+](=O)[O-])cn3)n2C)c1C. The van der Waals surface area contributed by atoms with Crippen LogP contribution in [0.25, 0.3) is 11.4 Å². The Morgan fingerprint density at radius 3 is 2.78 bits per heavy atom. The van der Waals surface area contributed by atoms with Crippen LogP contribution in [0.3, 0.4) is 0 Å². The minimum absolute atomic E-state index is 0.0198. The second kappa shape index (κ2) is 6.13. The molecule has 0 aliphatic rings. The van der Waals surface area contributed by atoms with Crippen molar-refractivity contribution < 1.29 is 4.92 Å². The molecule has 0 saturated heterocycles. The molecule has 0 spiro atoms. The fourth-order valence-electron chi connectivity index (χ4n) is 2.05. The molecular weight excluding hydrogens is 336 g/mol. The first-order chi connectivity index (χ1) is 11.0. The molecule has 3 heterocycles. The molecule has 0 bridgehead atoms. The summed E-state index contributed by atoms with van der Waals surface area (Å²) in [6.45, 7) is 4.16. The predicted octanol–water partition coefficient (Wildman–Crippen LogP) is 3.01. The summed E-state index contributed by atoms with van der Waals surface area (Å²) >= 11 is 3.12. The number of aryl methyl sites for hydroxylation is 1. The van der Waals surface area contributed by atoms with Crippen LogP contribution in [0.1, 0.15) is 10.4 Å². The van der Waals surface area contributed by atoms with Gasteiger partial charge in [0.15, 0.2) is 11.0 Å². The van der Waals surface area contributed by atoms with E-state index in [0.29, 0.717) is 5.88 Å². The average molecular weight is 350 g/mol. The van der Waals surface area contributed by atoms with Crippen LogP contribution in [0.15, 0.2) is 22.9 Å². The summed E-state index contributed by atoms with van der Waals surface area (Å²) in [7, 11) is 1.91. The van der Waals surface area contributed by atoms with Gasteiger partial charge in [-0.25, -0.2) is 0 Å². The Balaban J connectivity index is 1.77. The van der Waals surface area contributed by atoms with E-state index in [1.165, 1.54) is 39.3 Å². The van der Waals surface area contributed by atoms with E-state index >= 15 is 0 Å². The summed E-state index contributed by atoms with van der Waals surface area (Å²) in [4.78, 5) is 11.5. The van der Waals surface area contributed by atoms with E-state index in [1.54, 1.807) is 11.3 Å². The zero-order valence-electron chi connectivity index (χ0n) is 12.8. The molecule has 3 aromatic rings. The van der Waals surface area contributed by atoms with E-state index in [-0.39, 0.29) is 5.69 Å². The van der Waals surface area contributed by atoms with Gasteiger partial charge in [0.05, 0.1) is 10.8 Å². The van der Waals surface area contributed by atoms with Crippen molar-refractivity contribution in [3.05, 3.63) is 38.3 Å². The van der Waals surface area contributed by atoms with E-state index in [9.17, 15) is 10.1 Å². The summed E-state index contributed by atoms with van der Waals surface area (Å²) in [5.74, 6) is 1.25. The second-order valence-corrected chi connectivity index (χ2v) is 6.96. The van der Waals surface area contributed by atoms with Gasteiger partial charge < -0.3 is 4.57 Å². The van der Waals surface area contributed by atoms with Gasteiger partial charge >= 0.3 is 5.69 Å². The molecule has 3 aromatic heterocycles. The number of aromatic nitrogens is 5. The number of hydrogen-bond acceptors (Lipinski definition) is 7. The van der Waals surface area contributed by atoms with Crippen molar-refractivity contribution >= 4 is 28.8 Å². The summed E-state index contributed by atoms with van der Waals surface area (Å²) < 4.78 is 3.44. The average Bonchev–Trinajstić information content (AvgIpc) is 3.20. The number of rotatable bonds is 5. The molecular formula is C13H14N6O2S2. The largest absolute Gasteiger partial charge is 0.307 e. The van der Waals surface area contributed by atoms with Crippen LogP contribution in [-0.2, 0) is 12.9 Å². The molecule has 0 amide bonds. The Hall–Kier alpha value is -2.20. The highest BCUT2D eigenvalue weighted by Gasteiger charge is 2.16. The van der Waals surface area contributed by atoms with E-state index in [4.69, 9.17) is 0 Å². The van der Waals surface area contributed by atoms with Gasteiger partial charge in [0.2, 0.25) is 0 Å². The maximum Gasteiger partial charge on any atom is 0.307 e. The zero-order chi connectivity index (χ0) is 16.6. The van der Waals surface area contributed by atoms with Crippen molar-refractivity contribution in [2.75, 3.05) is 0 Å². The molecule has 0 aliphatic carbocycles. The van der Waals surface area contributed by atoms with Crippen LogP contribution in [0.2, 0.25) is 0 Å². The molecule has 23 heavy (non-hydrogen) atoms. The molecule has 0 atom stereocenters. The molecule has 3 rings (SSSR count). The monoisotopic (exact) mass is 350 g/mol. The standard InChI is InChI=1S/C13H14N6O2S2/c1-8-9(2)22-6-11(8)12-15-16-13(17(12)3)23-7-18-5-10(4-14-18)19(20)21/h4-6H,7H2,1-3H3. The third-order valence-corrected chi connectivity index (χ3v) is 5.54. The minimum atomic E-state index is -0.462. The lowest BCUT2D eigenvalue weighted by Crippen LogP contribution is -1.99. The van der Waals surface area contributed by atoms with Crippen LogP contribution < -0.4 is 0 Å². The van der Waals surface area contributed by atoms with Gasteiger partial charge in [-0.3, -0.25) is 14.8 Å². The highest BCUT2D eigenvalue weighted by molar-refractivity contribution is 7.98. The quantitative estimate of drug-likeness (QED) is 0.399. The first kappa shape index (κ1) is 15.7. The fraction of sp³-hybridized carbons (Fsp3) is 0.308. The molecule has 0 unspecified atom stereocenters. The fourth-order valence-corrected chi connectivity index (χ4v) is 3.68. The summed E-state index contributed by atoms with van der Waals surface area (Å²) in [5, 5.41) is 25.9. The molecule has 10 heteroatoms. The van der Waals surface area contributed by atoms with Gasteiger partial charge in [0.25, 0.3) is 0 Å². The number of nitro groups is 1. The number of hydrogen-bond donors (Lipinski definition) is 0. The molecule has 120 valence electrons. The lowest BCUT2D eigenvalue weighted by Gasteiger charge is -2.04. The van der Waals surface area contributed by atoms with E-state index in [0.717, 1.165) is 16.5 Å². The van der Waals surface area contributed by atoms with Crippen LogP contribution in [0.4, 0.5) is 5.69 Å². The maximum atomic E-state index is 10.7. The van der Waals surface area contributed by atoms with Crippen LogP contribution in [-0.4, -0.2) is 29.5 Å². The molecule has 8 nitrogen and oxygen atoms in total. The Labute approximate surface area is 140 Å². The van der Waals surface area contributed by atoms with Crippen molar-refractivity contribution in [3.63, 3.8) is 0 Å². The lowest BCUT2D eigenvalue weighted by atomic mass is 10.2. The minimum Gasteiger partial charge on any atom is -0.305 e. The predicted molar refractivity (Wildman–Crippen MR) is 88.5 cm³/mol. The molecule has 0 aromatic carbocycles. The van der Waals surface area contributed by atoms with Crippen LogP contribution >= 0.6 is 23.1 Å². The Morgan fingerprint density at radius 1 is 1.39 bits per heavy atom. The van der Waals surface area contributed by atoms with Crippen molar-refractivity contribution in [2.24, 2.45) is 7.05 Å². The second-order valence-electron chi connectivity index (χ2n) is 4.96. The van der Waals surface area contributed by atoms with Gasteiger partial charge in [-0.15, -0.1) is 21.5 Å².